The second-order valence-corrected chi connectivity index (χ2v) is 6.59. The fraction of sp³-hybridized carbons (Fsp3) is 0.455. The van der Waals surface area contributed by atoms with E-state index < -0.39 is 0 Å². The smallest absolute Gasteiger partial charge is 0.306 e. The molecule has 1 amide bonds. The standard InChI is InChI=1S/C22H30N2O3/c1-3-5-15-24(21(25)13-14-22(26)27-4-2)18-20-12-9-16-23(20)17-19-10-7-6-8-11-19/h6-12,16H,3-5,13-15,17-18H2,1-2H3. The van der Waals surface area contributed by atoms with Crippen molar-refractivity contribution < 1.29 is 14.3 Å². The summed E-state index contributed by atoms with van der Waals surface area (Å²) in [6.45, 7) is 6.27. The Bertz CT molecular complexity index is 709. The Morgan fingerprint density at radius 1 is 1.04 bits per heavy atom. The minimum atomic E-state index is -0.311. The summed E-state index contributed by atoms with van der Waals surface area (Å²) in [4.78, 5) is 26.1. The van der Waals surface area contributed by atoms with Crippen LogP contribution in [0.4, 0.5) is 0 Å². The predicted octanol–water partition coefficient (Wildman–Crippen LogP) is 4.01. The summed E-state index contributed by atoms with van der Waals surface area (Å²) >= 11 is 0. The molecule has 1 aromatic carbocycles. The minimum absolute atomic E-state index is 0.00367. The molecule has 0 spiro atoms. The minimum Gasteiger partial charge on any atom is -0.466 e. The lowest BCUT2D eigenvalue weighted by Gasteiger charge is -2.23. The average molecular weight is 370 g/mol. The first-order valence-corrected chi connectivity index (χ1v) is 9.75. The molecule has 2 aromatic rings. The monoisotopic (exact) mass is 370 g/mol. The van der Waals surface area contributed by atoms with Gasteiger partial charge < -0.3 is 14.2 Å². The molecule has 0 unspecified atom stereocenters. The maximum absolute atomic E-state index is 12.7. The van der Waals surface area contributed by atoms with Crippen LogP contribution in [0.5, 0.6) is 0 Å². The molecule has 0 saturated heterocycles. The van der Waals surface area contributed by atoms with Crippen molar-refractivity contribution in [2.24, 2.45) is 0 Å². The SMILES string of the molecule is CCCCN(Cc1cccn1Cc1ccccc1)C(=O)CCC(=O)OCC. The van der Waals surface area contributed by atoms with Gasteiger partial charge in [0.1, 0.15) is 0 Å². The first-order chi connectivity index (χ1) is 13.1. The van der Waals surface area contributed by atoms with E-state index in [2.05, 4.69) is 29.7 Å². The van der Waals surface area contributed by atoms with Gasteiger partial charge in [-0.15, -0.1) is 0 Å². The number of aromatic nitrogens is 1. The van der Waals surface area contributed by atoms with Gasteiger partial charge in [-0.3, -0.25) is 9.59 Å². The molecular weight excluding hydrogens is 340 g/mol. The maximum atomic E-state index is 12.7. The molecule has 0 N–H and O–H groups in total. The van der Waals surface area contributed by atoms with E-state index in [0.717, 1.165) is 25.1 Å². The highest BCUT2D eigenvalue weighted by atomic mass is 16.5. The number of ether oxygens (including phenoxy) is 1. The van der Waals surface area contributed by atoms with Gasteiger partial charge in [0.25, 0.3) is 0 Å². The lowest BCUT2D eigenvalue weighted by molar-refractivity contribution is -0.145. The van der Waals surface area contributed by atoms with Crippen LogP contribution in [0.25, 0.3) is 0 Å². The summed E-state index contributed by atoms with van der Waals surface area (Å²) in [7, 11) is 0. The van der Waals surface area contributed by atoms with Crippen LogP contribution in [0, 0.1) is 0 Å². The molecule has 0 saturated carbocycles. The van der Waals surface area contributed by atoms with Gasteiger partial charge in [0.05, 0.1) is 19.6 Å². The molecule has 0 bridgehead atoms. The molecule has 0 aliphatic heterocycles. The first kappa shape index (κ1) is 20.7. The third-order valence-corrected chi connectivity index (χ3v) is 4.45. The fourth-order valence-corrected chi connectivity index (χ4v) is 2.96. The fourth-order valence-electron chi connectivity index (χ4n) is 2.96. The average Bonchev–Trinajstić information content (AvgIpc) is 3.11. The zero-order valence-electron chi connectivity index (χ0n) is 16.4. The number of rotatable bonds is 11. The lowest BCUT2D eigenvalue weighted by Crippen LogP contribution is -2.32. The molecule has 1 aromatic heterocycles. The highest BCUT2D eigenvalue weighted by Crippen LogP contribution is 2.13. The van der Waals surface area contributed by atoms with Gasteiger partial charge in [-0.05, 0) is 31.0 Å². The molecule has 0 fully saturated rings. The lowest BCUT2D eigenvalue weighted by atomic mass is 10.2. The molecule has 5 heteroatoms. The van der Waals surface area contributed by atoms with E-state index in [1.165, 1.54) is 5.56 Å². The van der Waals surface area contributed by atoms with E-state index in [4.69, 9.17) is 4.74 Å². The first-order valence-electron chi connectivity index (χ1n) is 9.75. The highest BCUT2D eigenvalue weighted by Gasteiger charge is 2.17. The van der Waals surface area contributed by atoms with Gasteiger partial charge in [-0.2, -0.15) is 0 Å². The van der Waals surface area contributed by atoms with Crippen molar-refractivity contribution in [1.82, 2.24) is 9.47 Å². The molecule has 5 nitrogen and oxygen atoms in total. The summed E-state index contributed by atoms with van der Waals surface area (Å²) in [5, 5.41) is 0. The highest BCUT2D eigenvalue weighted by molar-refractivity contribution is 5.81. The van der Waals surface area contributed by atoms with Crippen molar-refractivity contribution in [1.29, 1.82) is 0 Å². The van der Waals surface area contributed by atoms with Crippen LogP contribution in [-0.2, 0) is 27.4 Å². The van der Waals surface area contributed by atoms with Crippen molar-refractivity contribution in [2.45, 2.75) is 52.6 Å². The summed E-state index contributed by atoms with van der Waals surface area (Å²) in [5.41, 5.74) is 2.32. The van der Waals surface area contributed by atoms with Crippen LogP contribution >= 0.6 is 0 Å². The molecule has 0 aliphatic carbocycles. The van der Waals surface area contributed by atoms with E-state index in [0.29, 0.717) is 19.7 Å². The Morgan fingerprint density at radius 2 is 1.81 bits per heavy atom. The van der Waals surface area contributed by atoms with Gasteiger partial charge in [-0.1, -0.05) is 43.7 Å². The molecule has 1 heterocycles. The Kier molecular flexibility index (Phi) is 8.62. The van der Waals surface area contributed by atoms with E-state index in [1.54, 1.807) is 6.92 Å². The summed E-state index contributed by atoms with van der Waals surface area (Å²) < 4.78 is 7.10. The molecular formula is C22H30N2O3. The number of nitrogens with zero attached hydrogens (tertiary/aromatic N) is 2. The van der Waals surface area contributed by atoms with Crippen LogP contribution in [0.2, 0.25) is 0 Å². The Labute approximate surface area is 161 Å². The van der Waals surface area contributed by atoms with Crippen LogP contribution in [-0.4, -0.2) is 34.5 Å². The zero-order valence-corrected chi connectivity index (χ0v) is 16.4. The molecule has 0 atom stereocenters. The van der Waals surface area contributed by atoms with Crippen molar-refractivity contribution >= 4 is 11.9 Å². The van der Waals surface area contributed by atoms with Gasteiger partial charge in [0.2, 0.25) is 5.91 Å². The number of hydrogen-bond donors (Lipinski definition) is 0. The third-order valence-electron chi connectivity index (χ3n) is 4.45. The second kappa shape index (κ2) is 11.2. The molecule has 146 valence electrons. The molecule has 0 radical (unpaired) electrons. The number of hydrogen-bond acceptors (Lipinski definition) is 3. The molecule has 2 rings (SSSR count). The summed E-state index contributed by atoms with van der Waals surface area (Å²) in [5.74, 6) is -0.308. The number of esters is 1. The largest absolute Gasteiger partial charge is 0.466 e. The van der Waals surface area contributed by atoms with E-state index in [1.807, 2.05) is 35.4 Å². The number of amides is 1. The Hall–Kier alpha value is -2.56. The van der Waals surface area contributed by atoms with Crippen molar-refractivity contribution in [3.05, 3.63) is 59.9 Å². The van der Waals surface area contributed by atoms with E-state index in [-0.39, 0.29) is 24.7 Å². The van der Waals surface area contributed by atoms with Crippen molar-refractivity contribution in [3.8, 4) is 0 Å². The summed E-state index contributed by atoms with van der Waals surface area (Å²) in [6.07, 6.45) is 4.35. The zero-order chi connectivity index (χ0) is 19.5. The molecule has 27 heavy (non-hydrogen) atoms. The van der Waals surface area contributed by atoms with Gasteiger partial charge in [0, 0.05) is 31.4 Å². The van der Waals surface area contributed by atoms with Crippen LogP contribution < -0.4 is 0 Å². The quantitative estimate of drug-likeness (QED) is 0.562. The second-order valence-electron chi connectivity index (χ2n) is 6.59. The van der Waals surface area contributed by atoms with Crippen molar-refractivity contribution in [2.75, 3.05) is 13.2 Å². The number of carbonyl (C=O) groups is 2. The van der Waals surface area contributed by atoms with Crippen molar-refractivity contribution in [3.63, 3.8) is 0 Å². The number of benzene rings is 1. The van der Waals surface area contributed by atoms with Gasteiger partial charge >= 0.3 is 5.97 Å². The Balaban J connectivity index is 2.02. The maximum Gasteiger partial charge on any atom is 0.306 e. The van der Waals surface area contributed by atoms with Crippen LogP contribution in [0.3, 0.4) is 0 Å². The Morgan fingerprint density at radius 3 is 2.52 bits per heavy atom. The van der Waals surface area contributed by atoms with Gasteiger partial charge in [-0.25, -0.2) is 0 Å². The van der Waals surface area contributed by atoms with E-state index >= 15 is 0 Å². The van der Waals surface area contributed by atoms with Gasteiger partial charge in [0.15, 0.2) is 0 Å². The van der Waals surface area contributed by atoms with Crippen LogP contribution in [0.15, 0.2) is 48.7 Å². The molecule has 0 aliphatic rings. The normalized spacial score (nSPS) is 10.6. The third kappa shape index (κ3) is 6.93. The number of unbranched alkanes of at least 4 members (excludes halogenated alkanes) is 1. The van der Waals surface area contributed by atoms with Crippen LogP contribution in [0.1, 0.15) is 50.8 Å². The predicted molar refractivity (Wildman–Crippen MR) is 106 cm³/mol. The van der Waals surface area contributed by atoms with E-state index in [9.17, 15) is 9.59 Å². The topological polar surface area (TPSA) is 51.5 Å². The summed E-state index contributed by atoms with van der Waals surface area (Å²) in [6, 6.07) is 14.3. The number of carbonyl (C=O) groups excluding carboxylic acids is 2.